The van der Waals surface area contributed by atoms with Gasteiger partial charge in [-0.2, -0.15) is 0 Å². The van der Waals surface area contributed by atoms with Gasteiger partial charge in [0.15, 0.2) is 0 Å². The first-order valence-corrected chi connectivity index (χ1v) is 4.71. The summed E-state index contributed by atoms with van der Waals surface area (Å²) in [5, 5.41) is 7.77. The van der Waals surface area contributed by atoms with E-state index in [1.54, 1.807) is 13.8 Å². The first-order valence-electron chi connectivity index (χ1n) is 4.71. The summed E-state index contributed by atoms with van der Waals surface area (Å²) in [5.41, 5.74) is 13.4. The number of amides is 2. The molecule has 0 spiro atoms. The summed E-state index contributed by atoms with van der Waals surface area (Å²) >= 11 is 0. The van der Waals surface area contributed by atoms with Gasteiger partial charge in [-0.1, -0.05) is 6.58 Å². The highest BCUT2D eigenvalue weighted by Crippen LogP contribution is 1.69. The van der Waals surface area contributed by atoms with Gasteiger partial charge in [0.25, 0.3) is 0 Å². The van der Waals surface area contributed by atoms with Gasteiger partial charge in [-0.25, -0.2) is 14.4 Å². The molecule has 7 N–H and O–H groups in total. The lowest BCUT2D eigenvalue weighted by atomic mass is 10.5. The molecule has 0 bridgehead atoms. The van der Waals surface area contributed by atoms with Gasteiger partial charge in [0, 0.05) is 0 Å². The largest absolute Gasteiger partial charge is 0.477 e. The summed E-state index contributed by atoms with van der Waals surface area (Å²) in [5.74, 6) is -1.16. The maximum atomic E-state index is 9.60. The van der Waals surface area contributed by atoms with E-state index < -0.39 is 18.2 Å². The fourth-order valence-electron chi connectivity index (χ4n) is 0.285. The summed E-state index contributed by atoms with van der Waals surface area (Å²) in [6, 6.07) is 0. The van der Waals surface area contributed by atoms with Crippen LogP contribution in [0.5, 0.6) is 0 Å². The van der Waals surface area contributed by atoms with Gasteiger partial charge >= 0.3 is 18.2 Å². The van der Waals surface area contributed by atoms with E-state index in [1.165, 1.54) is 0 Å². The number of hydrogen-bond acceptors (Lipinski definition) is 6. The monoisotopic (exact) mass is 265 g/mol. The third-order valence-corrected chi connectivity index (χ3v) is 0.848. The maximum Gasteiger partial charge on any atom is 0.404 e. The van der Waals surface area contributed by atoms with Crippen LogP contribution in [0.4, 0.5) is 9.59 Å². The molecule has 0 radical (unpaired) electrons. The Kier molecular flexibility index (Phi) is 16.9. The molecule has 0 saturated heterocycles. The number of nitrogens with two attached hydrogens (primary N) is 3. The van der Waals surface area contributed by atoms with Crippen molar-refractivity contribution < 1.29 is 29.0 Å². The molecule has 0 aliphatic heterocycles. The van der Waals surface area contributed by atoms with Crippen molar-refractivity contribution in [3.05, 3.63) is 12.3 Å². The van der Waals surface area contributed by atoms with Crippen molar-refractivity contribution >= 4 is 18.2 Å². The minimum absolute atomic E-state index is 0.324. The SMILES string of the molecule is C=C(N)C(=O)O.CCOC(N)=O.CCOC(N)=O. The average Bonchev–Trinajstić information content (AvgIpc) is 2.18. The van der Waals surface area contributed by atoms with Gasteiger partial charge < -0.3 is 31.8 Å². The minimum Gasteiger partial charge on any atom is -0.477 e. The van der Waals surface area contributed by atoms with Crippen molar-refractivity contribution in [1.82, 2.24) is 0 Å². The standard InChI is InChI=1S/2C3H7NO2.C3H5NO2/c2*1-2-6-3(4)5;1-2(4)3(5)6/h2*2H2,1H3,(H2,4,5);1,4H2,(H,5,6). The van der Waals surface area contributed by atoms with E-state index in [0.717, 1.165) is 0 Å². The molecule has 0 aliphatic rings. The summed E-state index contributed by atoms with van der Waals surface area (Å²) in [6.45, 7) is 7.04. The molecule has 0 fully saturated rings. The highest BCUT2D eigenvalue weighted by atomic mass is 16.5. The predicted octanol–water partition coefficient (Wildman–Crippen LogP) is -0.253. The molecule has 0 aromatic heterocycles. The fourth-order valence-corrected chi connectivity index (χ4v) is 0.285. The molecule has 0 aliphatic carbocycles. The van der Waals surface area contributed by atoms with Crippen LogP contribution in [0.3, 0.4) is 0 Å². The topological polar surface area (TPSA) is 168 Å². The zero-order chi connectivity index (χ0) is 15.1. The Bertz CT molecular complexity index is 251. The number of hydrogen-bond donors (Lipinski definition) is 4. The van der Waals surface area contributed by atoms with Crippen molar-refractivity contribution in [3.8, 4) is 0 Å². The van der Waals surface area contributed by atoms with Gasteiger partial charge in [0.1, 0.15) is 5.70 Å². The fraction of sp³-hybridized carbons (Fsp3) is 0.444. The van der Waals surface area contributed by atoms with Gasteiger partial charge in [-0.05, 0) is 13.8 Å². The summed E-state index contributed by atoms with van der Waals surface area (Å²) in [4.78, 5) is 28.7. The molecule has 0 rings (SSSR count). The van der Waals surface area contributed by atoms with Gasteiger partial charge in [-0.3, -0.25) is 0 Å². The van der Waals surface area contributed by atoms with Crippen LogP contribution in [0, 0.1) is 0 Å². The van der Waals surface area contributed by atoms with Gasteiger partial charge in [0.05, 0.1) is 13.2 Å². The van der Waals surface area contributed by atoms with Crippen LogP contribution in [-0.4, -0.2) is 36.5 Å². The van der Waals surface area contributed by atoms with Crippen molar-refractivity contribution in [3.63, 3.8) is 0 Å². The van der Waals surface area contributed by atoms with Crippen LogP contribution in [0.1, 0.15) is 13.8 Å². The van der Waals surface area contributed by atoms with E-state index in [9.17, 15) is 14.4 Å². The highest BCUT2D eigenvalue weighted by Gasteiger charge is 1.91. The Hall–Kier alpha value is -2.45. The second-order valence-electron chi connectivity index (χ2n) is 2.33. The number of ether oxygens (including phenoxy) is 2. The summed E-state index contributed by atoms with van der Waals surface area (Å²) in [6.07, 6.45) is -1.42. The molecule has 9 nitrogen and oxygen atoms in total. The van der Waals surface area contributed by atoms with Crippen LogP contribution in [0.15, 0.2) is 12.3 Å². The van der Waals surface area contributed by atoms with Crippen LogP contribution in [0.2, 0.25) is 0 Å². The molecule has 0 saturated carbocycles. The number of primary amides is 2. The number of aliphatic carboxylic acids is 1. The molecule has 0 unspecified atom stereocenters. The van der Waals surface area contributed by atoms with Crippen molar-refractivity contribution in [2.45, 2.75) is 13.8 Å². The third-order valence-electron chi connectivity index (χ3n) is 0.848. The molecule has 0 atom stereocenters. The van der Waals surface area contributed by atoms with E-state index in [2.05, 4.69) is 33.3 Å². The third kappa shape index (κ3) is 37.4. The van der Waals surface area contributed by atoms with E-state index in [-0.39, 0.29) is 5.70 Å². The van der Waals surface area contributed by atoms with E-state index >= 15 is 0 Å². The number of rotatable bonds is 3. The number of carbonyl (C=O) groups excluding carboxylic acids is 2. The Balaban J connectivity index is -0.000000187. The Morgan fingerprint density at radius 2 is 1.22 bits per heavy atom. The molecule has 9 heteroatoms. The number of carbonyl (C=O) groups is 3. The van der Waals surface area contributed by atoms with Crippen molar-refractivity contribution in [1.29, 1.82) is 0 Å². The molecular formula is C9H19N3O6. The van der Waals surface area contributed by atoms with E-state index in [4.69, 9.17) is 5.11 Å². The lowest BCUT2D eigenvalue weighted by molar-refractivity contribution is -0.132. The molecule has 18 heavy (non-hydrogen) atoms. The molecule has 2 amide bonds. The summed E-state index contributed by atoms with van der Waals surface area (Å²) in [7, 11) is 0. The Morgan fingerprint density at radius 1 is 1.00 bits per heavy atom. The molecular weight excluding hydrogens is 246 g/mol. The van der Waals surface area contributed by atoms with Crippen molar-refractivity contribution in [2.24, 2.45) is 17.2 Å². The second-order valence-corrected chi connectivity index (χ2v) is 2.33. The minimum atomic E-state index is -1.16. The molecule has 0 aromatic carbocycles. The molecule has 106 valence electrons. The van der Waals surface area contributed by atoms with Crippen molar-refractivity contribution in [2.75, 3.05) is 13.2 Å². The lowest BCUT2D eigenvalue weighted by Gasteiger charge is -1.89. The normalized spacial score (nSPS) is 7.44. The zero-order valence-corrected chi connectivity index (χ0v) is 10.3. The first kappa shape index (κ1) is 20.9. The number of carboxylic acid groups (broad SMARTS) is 1. The van der Waals surface area contributed by atoms with Crippen LogP contribution in [0.25, 0.3) is 0 Å². The summed E-state index contributed by atoms with van der Waals surface area (Å²) < 4.78 is 8.36. The lowest BCUT2D eigenvalue weighted by Crippen LogP contribution is -2.11. The predicted molar refractivity (Wildman–Crippen MR) is 63.4 cm³/mol. The Morgan fingerprint density at radius 3 is 1.22 bits per heavy atom. The maximum absolute atomic E-state index is 9.60. The second kappa shape index (κ2) is 14.6. The Labute approximate surface area is 105 Å². The van der Waals surface area contributed by atoms with Crippen LogP contribution >= 0.6 is 0 Å². The van der Waals surface area contributed by atoms with Crippen LogP contribution in [-0.2, 0) is 14.3 Å². The van der Waals surface area contributed by atoms with E-state index in [0.29, 0.717) is 13.2 Å². The molecule has 0 aromatic rings. The van der Waals surface area contributed by atoms with Gasteiger partial charge in [-0.15, -0.1) is 0 Å². The van der Waals surface area contributed by atoms with Gasteiger partial charge in [0.2, 0.25) is 0 Å². The highest BCUT2D eigenvalue weighted by molar-refractivity contribution is 5.84. The smallest absolute Gasteiger partial charge is 0.404 e. The quantitative estimate of drug-likeness (QED) is 0.510. The average molecular weight is 265 g/mol. The number of carboxylic acids is 1. The van der Waals surface area contributed by atoms with Crippen LogP contribution < -0.4 is 17.2 Å². The zero-order valence-electron chi connectivity index (χ0n) is 10.3. The first-order chi connectivity index (χ1) is 8.18. The van der Waals surface area contributed by atoms with E-state index in [1.807, 2.05) is 0 Å². The molecule has 0 heterocycles.